The molecular formula is C14H26N2O2. The number of rotatable bonds is 3. The first kappa shape index (κ1) is 13.7. The Hall–Kier alpha value is -0.770. The lowest BCUT2D eigenvalue weighted by atomic mass is 9.57. The molecule has 2 fully saturated rings. The molecule has 4 heteroatoms. The highest BCUT2D eigenvalue weighted by molar-refractivity contribution is 5.70. The van der Waals surface area contributed by atoms with Crippen LogP contribution in [-0.4, -0.2) is 35.7 Å². The van der Waals surface area contributed by atoms with Crippen molar-refractivity contribution in [1.82, 2.24) is 4.90 Å². The van der Waals surface area contributed by atoms with E-state index in [0.717, 1.165) is 19.4 Å². The van der Waals surface area contributed by atoms with Gasteiger partial charge in [0.2, 0.25) is 0 Å². The second kappa shape index (κ2) is 4.72. The maximum absolute atomic E-state index is 12.1. The van der Waals surface area contributed by atoms with Gasteiger partial charge in [-0.1, -0.05) is 6.42 Å². The fourth-order valence-corrected chi connectivity index (χ4v) is 3.18. The van der Waals surface area contributed by atoms with E-state index >= 15 is 0 Å². The second-order valence-corrected chi connectivity index (χ2v) is 6.77. The van der Waals surface area contributed by atoms with Crippen LogP contribution in [0.25, 0.3) is 0 Å². The predicted molar refractivity (Wildman–Crippen MR) is 71.3 cm³/mol. The zero-order valence-corrected chi connectivity index (χ0v) is 11.9. The minimum absolute atomic E-state index is 0.151. The summed E-state index contributed by atoms with van der Waals surface area (Å²) in [6, 6.07) is 0.365. The first-order valence-electron chi connectivity index (χ1n) is 7.08. The van der Waals surface area contributed by atoms with Gasteiger partial charge in [0.05, 0.1) is 0 Å². The Morgan fingerprint density at radius 1 is 1.44 bits per heavy atom. The van der Waals surface area contributed by atoms with Crippen LogP contribution in [0.2, 0.25) is 0 Å². The van der Waals surface area contributed by atoms with Crippen molar-refractivity contribution in [1.29, 1.82) is 0 Å². The Bertz CT molecular complexity index is 318. The molecule has 2 aliphatic rings. The molecule has 0 aromatic heterocycles. The third-order valence-corrected chi connectivity index (χ3v) is 4.23. The Morgan fingerprint density at radius 3 is 2.56 bits per heavy atom. The summed E-state index contributed by atoms with van der Waals surface area (Å²) in [5, 5.41) is 0. The third-order valence-electron chi connectivity index (χ3n) is 4.23. The van der Waals surface area contributed by atoms with Crippen LogP contribution in [0.5, 0.6) is 0 Å². The SMILES string of the molecule is CC(C)(C)OC(=O)N1CC2(CCC2)C1CCCN. The largest absolute Gasteiger partial charge is 0.444 e. The number of ether oxygens (including phenoxy) is 1. The monoisotopic (exact) mass is 254 g/mol. The van der Waals surface area contributed by atoms with E-state index in [2.05, 4.69) is 0 Å². The van der Waals surface area contributed by atoms with Crippen molar-refractivity contribution in [3.05, 3.63) is 0 Å². The van der Waals surface area contributed by atoms with Crippen molar-refractivity contribution in [3.63, 3.8) is 0 Å². The predicted octanol–water partition coefficient (Wildman–Crippen LogP) is 2.51. The summed E-state index contributed by atoms with van der Waals surface area (Å²) in [4.78, 5) is 14.0. The normalized spacial score (nSPS) is 25.6. The van der Waals surface area contributed by atoms with Crippen LogP contribution in [0.4, 0.5) is 4.79 Å². The van der Waals surface area contributed by atoms with Crippen LogP contribution in [0.1, 0.15) is 52.9 Å². The maximum atomic E-state index is 12.1. The number of amides is 1. The molecule has 2 N–H and O–H groups in total. The van der Waals surface area contributed by atoms with Crippen molar-refractivity contribution in [3.8, 4) is 0 Å². The molecule has 0 aromatic carbocycles. The number of hydrogen-bond donors (Lipinski definition) is 1. The van der Waals surface area contributed by atoms with Gasteiger partial charge in [-0.15, -0.1) is 0 Å². The summed E-state index contributed by atoms with van der Waals surface area (Å²) in [5.41, 5.74) is 5.60. The number of carbonyl (C=O) groups is 1. The lowest BCUT2D eigenvalue weighted by Gasteiger charge is -2.62. The van der Waals surface area contributed by atoms with Gasteiger partial charge in [0.15, 0.2) is 0 Å². The average molecular weight is 254 g/mol. The summed E-state index contributed by atoms with van der Waals surface area (Å²) in [7, 11) is 0. The van der Waals surface area contributed by atoms with E-state index in [0.29, 0.717) is 18.0 Å². The lowest BCUT2D eigenvalue weighted by Crippen LogP contribution is -2.69. The molecule has 4 nitrogen and oxygen atoms in total. The minimum Gasteiger partial charge on any atom is -0.444 e. The summed E-state index contributed by atoms with van der Waals surface area (Å²) >= 11 is 0. The van der Waals surface area contributed by atoms with E-state index in [1.165, 1.54) is 19.3 Å². The Kier molecular flexibility index (Phi) is 3.58. The Balaban J connectivity index is 1.94. The van der Waals surface area contributed by atoms with Gasteiger partial charge in [-0.25, -0.2) is 4.79 Å². The van der Waals surface area contributed by atoms with Crippen LogP contribution in [-0.2, 0) is 4.74 Å². The Morgan fingerprint density at radius 2 is 2.11 bits per heavy atom. The van der Waals surface area contributed by atoms with Crippen molar-refractivity contribution in [2.24, 2.45) is 11.1 Å². The van der Waals surface area contributed by atoms with Gasteiger partial charge in [0.25, 0.3) is 0 Å². The number of carbonyl (C=O) groups excluding carboxylic acids is 1. The highest BCUT2D eigenvalue weighted by Crippen LogP contribution is 2.54. The third kappa shape index (κ3) is 2.48. The van der Waals surface area contributed by atoms with Gasteiger partial charge < -0.3 is 15.4 Å². The fourth-order valence-electron chi connectivity index (χ4n) is 3.18. The quantitative estimate of drug-likeness (QED) is 0.842. The molecule has 1 atom stereocenters. The maximum Gasteiger partial charge on any atom is 0.410 e. The van der Waals surface area contributed by atoms with Crippen LogP contribution < -0.4 is 5.73 Å². The van der Waals surface area contributed by atoms with E-state index in [4.69, 9.17) is 10.5 Å². The van der Waals surface area contributed by atoms with Gasteiger partial charge in [0.1, 0.15) is 5.60 Å². The number of hydrogen-bond acceptors (Lipinski definition) is 3. The zero-order valence-electron chi connectivity index (χ0n) is 11.9. The molecule has 1 saturated carbocycles. The molecule has 1 heterocycles. The van der Waals surface area contributed by atoms with Crippen molar-refractivity contribution in [2.75, 3.05) is 13.1 Å². The van der Waals surface area contributed by atoms with E-state index in [1.807, 2.05) is 25.7 Å². The molecule has 18 heavy (non-hydrogen) atoms. The van der Waals surface area contributed by atoms with Crippen LogP contribution >= 0.6 is 0 Å². The second-order valence-electron chi connectivity index (χ2n) is 6.77. The zero-order chi connectivity index (χ0) is 13.4. The standard InChI is InChI=1S/C14H26N2O2/c1-13(2,3)18-12(17)16-10-14(7-5-8-14)11(16)6-4-9-15/h11H,4-10,15H2,1-3H3. The molecule has 1 saturated heterocycles. The highest BCUT2D eigenvalue weighted by Gasteiger charge is 2.57. The molecule has 1 unspecified atom stereocenters. The summed E-state index contributed by atoms with van der Waals surface area (Å²) in [6.45, 7) is 7.34. The van der Waals surface area contributed by atoms with Gasteiger partial charge in [-0.05, 0) is 53.0 Å². The molecule has 2 rings (SSSR count). The number of nitrogens with two attached hydrogens (primary N) is 1. The smallest absolute Gasteiger partial charge is 0.410 e. The molecule has 1 spiro atoms. The first-order chi connectivity index (χ1) is 8.38. The van der Waals surface area contributed by atoms with Crippen molar-refractivity contribution >= 4 is 6.09 Å². The summed E-state index contributed by atoms with van der Waals surface area (Å²) < 4.78 is 5.47. The number of nitrogens with zero attached hydrogens (tertiary/aromatic N) is 1. The Labute approximate surface area is 110 Å². The van der Waals surface area contributed by atoms with E-state index in [1.54, 1.807) is 0 Å². The number of likely N-dealkylation sites (tertiary alicyclic amines) is 1. The van der Waals surface area contributed by atoms with Gasteiger partial charge in [0, 0.05) is 18.0 Å². The van der Waals surface area contributed by atoms with Crippen LogP contribution in [0, 0.1) is 5.41 Å². The van der Waals surface area contributed by atoms with Crippen LogP contribution in [0.15, 0.2) is 0 Å². The molecule has 0 bridgehead atoms. The lowest BCUT2D eigenvalue weighted by molar-refractivity contribution is -0.124. The van der Waals surface area contributed by atoms with Crippen molar-refractivity contribution in [2.45, 2.75) is 64.5 Å². The van der Waals surface area contributed by atoms with Crippen LogP contribution in [0.3, 0.4) is 0 Å². The molecular weight excluding hydrogens is 228 g/mol. The molecule has 1 aliphatic carbocycles. The van der Waals surface area contributed by atoms with Gasteiger partial charge in [-0.3, -0.25) is 0 Å². The molecule has 1 aliphatic heterocycles. The topological polar surface area (TPSA) is 55.6 Å². The summed E-state index contributed by atoms with van der Waals surface area (Å²) in [5.74, 6) is 0. The minimum atomic E-state index is -0.405. The highest BCUT2D eigenvalue weighted by atomic mass is 16.6. The van der Waals surface area contributed by atoms with E-state index < -0.39 is 5.60 Å². The van der Waals surface area contributed by atoms with Gasteiger partial charge >= 0.3 is 6.09 Å². The molecule has 0 radical (unpaired) electrons. The van der Waals surface area contributed by atoms with E-state index in [-0.39, 0.29) is 6.09 Å². The van der Waals surface area contributed by atoms with E-state index in [9.17, 15) is 4.79 Å². The first-order valence-corrected chi connectivity index (χ1v) is 7.08. The molecule has 1 amide bonds. The van der Waals surface area contributed by atoms with Gasteiger partial charge in [-0.2, -0.15) is 0 Å². The summed E-state index contributed by atoms with van der Waals surface area (Å²) in [6.07, 6.45) is 5.70. The molecule has 104 valence electrons. The average Bonchev–Trinajstić information content (AvgIpc) is 2.11. The fraction of sp³-hybridized carbons (Fsp3) is 0.929. The molecule has 0 aromatic rings. The van der Waals surface area contributed by atoms with Crippen molar-refractivity contribution < 1.29 is 9.53 Å².